The van der Waals surface area contributed by atoms with Crippen molar-refractivity contribution in [3.8, 4) is 12.3 Å². The fourth-order valence-electron chi connectivity index (χ4n) is 0.907. The van der Waals surface area contributed by atoms with Crippen molar-refractivity contribution in [1.29, 1.82) is 0 Å². The lowest BCUT2D eigenvalue weighted by Crippen LogP contribution is -2.25. The zero-order valence-corrected chi connectivity index (χ0v) is 9.35. The molecule has 0 aliphatic heterocycles. The number of nitrogens with one attached hydrogen (secondary N) is 1. The summed E-state index contributed by atoms with van der Waals surface area (Å²) < 4.78 is 25.6. The average molecular weight is 245 g/mol. The van der Waals surface area contributed by atoms with Gasteiger partial charge in [-0.15, -0.1) is 12.3 Å². The average Bonchev–Trinajstić information content (AvgIpc) is 2.18. The molecule has 0 bridgehead atoms. The van der Waals surface area contributed by atoms with Crippen molar-refractivity contribution in [3.05, 3.63) is 23.5 Å². The second kappa shape index (κ2) is 5.12. The van der Waals surface area contributed by atoms with Crippen LogP contribution >= 0.6 is 11.6 Å². The van der Waals surface area contributed by atoms with Crippen LogP contribution in [0.1, 0.15) is 6.42 Å². The topological polar surface area (TPSA) is 59.1 Å². The third kappa shape index (κ3) is 3.20. The highest BCUT2D eigenvalue weighted by atomic mass is 35.5. The maximum atomic E-state index is 11.6. The first-order valence-electron chi connectivity index (χ1n) is 4.11. The third-order valence-electron chi connectivity index (χ3n) is 1.58. The lowest BCUT2D eigenvalue weighted by atomic mass is 10.5. The van der Waals surface area contributed by atoms with E-state index in [0.717, 1.165) is 0 Å². The first-order valence-corrected chi connectivity index (χ1v) is 5.97. The van der Waals surface area contributed by atoms with E-state index in [1.54, 1.807) is 0 Å². The molecule has 1 aromatic rings. The molecule has 1 aromatic heterocycles. The molecule has 1 rings (SSSR count). The third-order valence-corrected chi connectivity index (χ3v) is 3.48. The molecule has 1 N–H and O–H groups in total. The first-order chi connectivity index (χ1) is 7.08. The van der Waals surface area contributed by atoms with Crippen molar-refractivity contribution < 1.29 is 8.42 Å². The normalized spacial score (nSPS) is 10.9. The Hall–Kier alpha value is -1.09. The van der Waals surface area contributed by atoms with Crippen LogP contribution in [0.2, 0.25) is 5.15 Å². The van der Waals surface area contributed by atoms with Gasteiger partial charge in [0, 0.05) is 19.2 Å². The van der Waals surface area contributed by atoms with Gasteiger partial charge in [0.1, 0.15) is 10.0 Å². The molecule has 1 heterocycles. The van der Waals surface area contributed by atoms with Crippen molar-refractivity contribution in [2.75, 3.05) is 6.54 Å². The zero-order valence-electron chi connectivity index (χ0n) is 7.77. The number of terminal acetylenes is 1. The predicted molar refractivity (Wildman–Crippen MR) is 57.9 cm³/mol. The number of nitrogens with zero attached hydrogens (tertiary/aromatic N) is 1. The molecule has 0 spiro atoms. The SMILES string of the molecule is C#CCCNS(=O)(=O)c1cccnc1Cl. The van der Waals surface area contributed by atoms with Gasteiger partial charge in [-0.1, -0.05) is 11.6 Å². The Labute approximate surface area is 93.7 Å². The standard InChI is InChI=1S/C9H9ClN2O2S/c1-2-3-7-12-15(13,14)8-5-4-6-11-9(8)10/h1,4-6,12H,3,7H2. The van der Waals surface area contributed by atoms with Crippen molar-refractivity contribution in [2.45, 2.75) is 11.3 Å². The summed E-state index contributed by atoms with van der Waals surface area (Å²) in [4.78, 5) is 3.64. The highest BCUT2D eigenvalue weighted by Crippen LogP contribution is 2.17. The fraction of sp³-hybridized carbons (Fsp3) is 0.222. The summed E-state index contributed by atoms with van der Waals surface area (Å²) in [5.41, 5.74) is 0. The molecule has 0 saturated carbocycles. The molecule has 80 valence electrons. The number of aromatic nitrogens is 1. The summed E-state index contributed by atoms with van der Waals surface area (Å²) in [6.07, 6.45) is 6.75. The highest BCUT2D eigenvalue weighted by molar-refractivity contribution is 7.89. The molecule has 0 radical (unpaired) electrons. The summed E-state index contributed by atoms with van der Waals surface area (Å²) in [7, 11) is -3.60. The largest absolute Gasteiger partial charge is 0.243 e. The monoisotopic (exact) mass is 244 g/mol. The maximum absolute atomic E-state index is 11.6. The van der Waals surface area contributed by atoms with Crippen LogP contribution in [0, 0.1) is 12.3 Å². The molecule has 0 fully saturated rings. The molecule has 15 heavy (non-hydrogen) atoms. The van der Waals surface area contributed by atoms with E-state index in [2.05, 4.69) is 15.6 Å². The molecule has 0 amide bonds. The van der Waals surface area contributed by atoms with Crippen LogP contribution in [-0.2, 0) is 10.0 Å². The van der Waals surface area contributed by atoms with Crippen molar-refractivity contribution in [1.82, 2.24) is 9.71 Å². The van der Waals surface area contributed by atoms with Gasteiger partial charge in [0.2, 0.25) is 10.0 Å². The van der Waals surface area contributed by atoms with Gasteiger partial charge >= 0.3 is 0 Å². The highest BCUT2D eigenvalue weighted by Gasteiger charge is 2.16. The maximum Gasteiger partial charge on any atom is 0.243 e. The summed E-state index contributed by atoms with van der Waals surface area (Å²) in [5.74, 6) is 2.33. The smallest absolute Gasteiger partial charge is 0.243 e. The van der Waals surface area contributed by atoms with Crippen molar-refractivity contribution in [3.63, 3.8) is 0 Å². The van der Waals surface area contributed by atoms with Crippen molar-refractivity contribution in [2.24, 2.45) is 0 Å². The minimum absolute atomic E-state index is 0.0383. The fourth-order valence-corrected chi connectivity index (χ4v) is 2.39. The van der Waals surface area contributed by atoms with Gasteiger partial charge in [0.25, 0.3) is 0 Å². The Morgan fingerprint density at radius 1 is 1.60 bits per heavy atom. The predicted octanol–water partition coefficient (Wildman–Crippen LogP) is 1.04. The molecule has 6 heteroatoms. The van der Waals surface area contributed by atoms with E-state index in [0.29, 0.717) is 6.42 Å². The lowest BCUT2D eigenvalue weighted by Gasteiger charge is -2.05. The van der Waals surface area contributed by atoms with E-state index < -0.39 is 10.0 Å². The Bertz CT molecular complexity index is 479. The number of pyridine rings is 1. The van der Waals surface area contributed by atoms with E-state index in [9.17, 15) is 8.42 Å². The Morgan fingerprint density at radius 2 is 2.33 bits per heavy atom. The van der Waals surface area contributed by atoms with Gasteiger partial charge in [-0.2, -0.15) is 0 Å². The quantitative estimate of drug-likeness (QED) is 0.489. The molecule has 0 saturated heterocycles. The molecule has 0 aromatic carbocycles. The van der Waals surface area contributed by atoms with Crippen LogP contribution in [0.25, 0.3) is 0 Å². The Balaban J connectivity index is 2.88. The molecule has 0 aliphatic rings. The molecule has 4 nitrogen and oxygen atoms in total. The van der Waals surface area contributed by atoms with E-state index in [4.69, 9.17) is 18.0 Å². The van der Waals surface area contributed by atoms with E-state index in [1.165, 1.54) is 18.3 Å². The summed E-state index contributed by atoms with van der Waals surface area (Å²) in [6.45, 7) is 0.185. The van der Waals surface area contributed by atoms with Crippen LogP contribution in [0.15, 0.2) is 23.2 Å². The number of hydrogen-bond donors (Lipinski definition) is 1. The first kappa shape index (κ1) is 12.0. The molecule has 0 aliphatic carbocycles. The van der Waals surface area contributed by atoms with E-state index >= 15 is 0 Å². The van der Waals surface area contributed by atoms with Crippen LogP contribution in [-0.4, -0.2) is 19.9 Å². The number of halogens is 1. The van der Waals surface area contributed by atoms with Crippen molar-refractivity contribution >= 4 is 21.6 Å². The second-order valence-electron chi connectivity index (χ2n) is 2.64. The van der Waals surface area contributed by atoms with Gasteiger partial charge < -0.3 is 0 Å². The van der Waals surface area contributed by atoms with Crippen LogP contribution in [0.4, 0.5) is 0 Å². The van der Waals surface area contributed by atoms with Gasteiger partial charge in [0.05, 0.1) is 0 Å². The van der Waals surface area contributed by atoms with Gasteiger partial charge in [-0.05, 0) is 12.1 Å². The zero-order chi connectivity index (χ0) is 11.3. The summed E-state index contributed by atoms with van der Waals surface area (Å²) in [5, 5.41) is -0.0503. The van der Waals surface area contributed by atoms with Crippen LogP contribution < -0.4 is 4.72 Å². The number of hydrogen-bond acceptors (Lipinski definition) is 3. The second-order valence-corrected chi connectivity index (χ2v) is 4.74. The van der Waals surface area contributed by atoms with E-state index in [-0.39, 0.29) is 16.6 Å². The minimum Gasteiger partial charge on any atom is -0.243 e. The van der Waals surface area contributed by atoms with Crippen LogP contribution in [0.5, 0.6) is 0 Å². The molecular formula is C9H9ClN2O2S. The van der Waals surface area contributed by atoms with Gasteiger partial charge in [-0.3, -0.25) is 0 Å². The van der Waals surface area contributed by atoms with Crippen LogP contribution in [0.3, 0.4) is 0 Å². The minimum atomic E-state index is -3.60. The number of rotatable bonds is 4. The summed E-state index contributed by atoms with van der Waals surface area (Å²) >= 11 is 5.65. The lowest BCUT2D eigenvalue weighted by molar-refractivity contribution is 0.582. The van der Waals surface area contributed by atoms with E-state index in [1.807, 2.05) is 0 Å². The molecule has 0 atom stereocenters. The summed E-state index contributed by atoms with van der Waals surface area (Å²) in [6, 6.07) is 2.88. The Kier molecular flexibility index (Phi) is 4.09. The molecule has 0 unspecified atom stereocenters. The number of sulfonamides is 1. The van der Waals surface area contributed by atoms with Gasteiger partial charge in [0.15, 0.2) is 0 Å². The Morgan fingerprint density at radius 3 is 2.93 bits per heavy atom. The molecular weight excluding hydrogens is 236 g/mol. The van der Waals surface area contributed by atoms with Gasteiger partial charge in [-0.25, -0.2) is 18.1 Å².